The van der Waals surface area contributed by atoms with Gasteiger partial charge in [0.05, 0.1) is 10.6 Å². The first-order valence-electron chi connectivity index (χ1n) is 7.73. The molecule has 0 saturated heterocycles. The number of nitrogens with one attached hydrogen (secondary N) is 1. The van der Waals surface area contributed by atoms with Gasteiger partial charge in [-0.15, -0.1) is 11.3 Å². The first-order valence-corrected chi connectivity index (χ1v) is 8.61. The minimum Gasteiger partial charge on any atom is -0.307 e. The van der Waals surface area contributed by atoms with Gasteiger partial charge in [0.2, 0.25) is 0 Å². The SMILES string of the molecule is Cc1ccc2c(c1)CCCN2C(=O)c1cc(-c2cccs2)[nH]n1. The number of H-pyrrole nitrogens is 1. The number of amides is 1. The van der Waals surface area contributed by atoms with Crippen LogP contribution in [-0.4, -0.2) is 22.6 Å². The molecule has 4 rings (SSSR count). The van der Waals surface area contributed by atoms with E-state index in [1.807, 2.05) is 28.5 Å². The molecule has 1 N–H and O–H groups in total. The number of thiophene rings is 1. The van der Waals surface area contributed by atoms with E-state index < -0.39 is 0 Å². The number of carbonyl (C=O) groups is 1. The van der Waals surface area contributed by atoms with Crippen LogP contribution in [0.3, 0.4) is 0 Å². The van der Waals surface area contributed by atoms with E-state index in [4.69, 9.17) is 0 Å². The highest BCUT2D eigenvalue weighted by atomic mass is 32.1. The number of aryl methyl sites for hydroxylation is 2. The van der Waals surface area contributed by atoms with Gasteiger partial charge in [0.25, 0.3) is 5.91 Å². The zero-order chi connectivity index (χ0) is 15.8. The van der Waals surface area contributed by atoms with Crippen LogP contribution in [0.15, 0.2) is 41.8 Å². The first kappa shape index (κ1) is 14.2. The summed E-state index contributed by atoms with van der Waals surface area (Å²) in [6, 6.07) is 12.1. The van der Waals surface area contributed by atoms with Crippen LogP contribution in [0.4, 0.5) is 5.69 Å². The lowest BCUT2D eigenvalue weighted by molar-refractivity contribution is 0.0980. The number of hydrogen-bond donors (Lipinski definition) is 1. The molecule has 0 spiro atoms. The van der Waals surface area contributed by atoms with Crippen molar-refractivity contribution in [1.29, 1.82) is 0 Å². The highest BCUT2D eigenvalue weighted by Gasteiger charge is 2.25. The van der Waals surface area contributed by atoms with Gasteiger partial charge >= 0.3 is 0 Å². The molecule has 0 atom stereocenters. The Morgan fingerprint density at radius 1 is 1.30 bits per heavy atom. The highest BCUT2D eigenvalue weighted by Crippen LogP contribution is 2.30. The van der Waals surface area contributed by atoms with E-state index in [-0.39, 0.29) is 5.91 Å². The summed E-state index contributed by atoms with van der Waals surface area (Å²) in [4.78, 5) is 15.8. The fraction of sp³-hybridized carbons (Fsp3) is 0.222. The quantitative estimate of drug-likeness (QED) is 0.774. The number of rotatable bonds is 2. The van der Waals surface area contributed by atoms with Crippen LogP contribution in [0, 0.1) is 6.92 Å². The molecule has 4 nitrogen and oxygen atoms in total. The normalized spacial score (nSPS) is 13.9. The van der Waals surface area contributed by atoms with Crippen LogP contribution < -0.4 is 4.90 Å². The molecular formula is C18H17N3OS. The molecule has 1 amide bonds. The Bertz CT molecular complexity index is 851. The van der Waals surface area contributed by atoms with Crippen molar-refractivity contribution in [1.82, 2.24) is 10.2 Å². The topological polar surface area (TPSA) is 49.0 Å². The number of aromatic nitrogens is 2. The molecule has 2 aromatic heterocycles. The summed E-state index contributed by atoms with van der Waals surface area (Å²) >= 11 is 1.63. The lowest BCUT2D eigenvalue weighted by Gasteiger charge is -2.29. The summed E-state index contributed by atoms with van der Waals surface area (Å²) in [7, 11) is 0. The van der Waals surface area contributed by atoms with Crippen LogP contribution >= 0.6 is 11.3 Å². The molecule has 1 aliphatic heterocycles. The number of carbonyl (C=O) groups excluding carboxylic acids is 1. The molecule has 0 fully saturated rings. The van der Waals surface area contributed by atoms with Gasteiger partial charge in [0.15, 0.2) is 5.69 Å². The minimum absolute atomic E-state index is 0.0335. The van der Waals surface area contributed by atoms with Gasteiger partial charge in [-0.3, -0.25) is 9.89 Å². The van der Waals surface area contributed by atoms with Gasteiger partial charge in [0, 0.05) is 12.2 Å². The predicted molar refractivity (Wildman–Crippen MR) is 93.1 cm³/mol. The Labute approximate surface area is 138 Å². The van der Waals surface area contributed by atoms with Crippen molar-refractivity contribution in [3.05, 3.63) is 58.6 Å². The Balaban J connectivity index is 1.66. The van der Waals surface area contributed by atoms with Gasteiger partial charge in [-0.2, -0.15) is 5.10 Å². The second kappa shape index (κ2) is 5.66. The Morgan fingerprint density at radius 2 is 2.22 bits per heavy atom. The molecule has 23 heavy (non-hydrogen) atoms. The molecule has 1 aromatic carbocycles. The molecule has 0 radical (unpaired) electrons. The molecule has 116 valence electrons. The molecule has 3 aromatic rings. The second-order valence-corrected chi connectivity index (χ2v) is 6.78. The standard InChI is InChI=1S/C18H17N3OS/c1-12-6-7-16-13(10-12)4-2-8-21(16)18(22)15-11-14(19-20-15)17-5-3-9-23-17/h3,5-7,9-11H,2,4,8H2,1H3,(H,19,20). The molecule has 0 saturated carbocycles. The largest absolute Gasteiger partial charge is 0.307 e. The Kier molecular flexibility index (Phi) is 3.50. The number of hydrogen-bond acceptors (Lipinski definition) is 3. The van der Waals surface area contributed by atoms with Crippen molar-refractivity contribution in [3.63, 3.8) is 0 Å². The lowest BCUT2D eigenvalue weighted by Crippen LogP contribution is -2.35. The predicted octanol–water partition coefficient (Wildman–Crippen LogP) is 4.04. The van der Waals surface area contributed by atoms with Crippen molar-refractivity contribution in [2.45, 2.75) is 19.8 Å². The van der Waals surface area contributed by atoms with Gasteiger partial charge in [-0.1, -0.05) is 23.8 Å². The summed E-state index contributed by atoms with van der Waals surface area (Å²) in [5.41, 5.74) is 4.87. The third-order valence-corrected chi connectivity index (χ3v) is 5.09. The van der Waals surface area contributed by atoms with Crippen molar-refractivity contribution in [3.8, 4) is 10.6 Å². The molecule has 0 unspecified atom stereocenters. The van der Waals surface area contributed by atoms with Crippen LogP contribution in [0.5, 0.6) is 0 Å². The average molecular weight is 323 g/mol. The van der Waals surface area contributed by atoms with Crippen molar-refractivity contribution in [2.75, 3.05) is 11.4 Å². The average Bonchev–Trinajstić information content (AvgIpc) is 3.24. The zero-order valence-corrected chi connectivity index (χ0v) is 13.7. The molecule has 5 heteroatoms. The fourth-order valence-electron chi connectivity index (χ4n) is 3.06. The second-order valence-electron chi connectivity index (χ2n) is 5.84. The van der Waals surface area contributed by atoms with Gasteiger partial charge in [0.1, 0.15) is 0 Å². The summed E-state index contributed by atoms with van der Waals surface area (Å²) < 4.78 is 0. The van der Waals surface area contributed by atoms with Crippen LogP contribution in [0.2, 0.25) is 0 Å². The van der Waals surface area contributed by atoms with E-state index in [1.165, 1.54) is 11.1 Å². The molecule has 0 bridgehead atoms. The van der Waals surface area contributed by atoms with Crippen LogP contribution in [0.25, 0.3) is 10.6 Å². The van der Waals surface area contributed by atoms with Gasteiger partial charge < -0.3 is 4.90 Å². The summed E-state index contributed by atoms with van der Waals surface area (Å²) in [5, 5.41) is 9.22. The van der Waals surface area contributed by atoms with E-state index in [9.17, 15) is 4.79 Å². The van der Waals surface area contributed by atoms with E-state index in [2.05, 4.69) is 35.3 Å². The number of aromatic amines is 1. The van der Waals surface area contributed by atoms with E-state index in [1.54, 1.807) is 11.3 Å². The van der Waals surface area contributed by atoms with Crippen molar-refractivity contribution < 1.29 is 4.79 Å². The maximum absolute atomic E-state index is 12.9. The van der Waals surface area contributed by atoms with Crippen molar-refractivity contribution in [2.24, 2.45) is 0 Å². The summed E-state index contributed by atoms with van der Waals surface area (Å²) in [5.74, 6) is -0.0335. The monoisotopic (exact) mass is 323 g/mol. The number of fused-ring (bicyclic) bond motifs is 1. The smallest absolute Gasteiger partial charge is 0.278 e. The van der Waals surface area contributed by atoms with E-state index in [0.29, 0.717) is 5.69 Å². The third-order valence-electron chi connectivity index (χ3n) is 4.18. The number of nitrogens with zero attached hydrogens (tertiary/aromatic N) is 2. The van der Waals surface area contributed by atoms with Crippen LogP contribution in [0.1, 0.15) is 28.0 Å². The Hall–Kier alpha value is -2.40. The maximum atomic E-state index is 12.9. The lowest BCUT2D eigenvalue weighted by atomic mass is 9.99. The number of benzene rings is 1. The summed E-state index contributed by atoms with van der Waals surface area (Å²) in [6.07, 6.45) is 2.02. The van der Waals surface area contributed by atoms with Gasteiger partial charge in [-0.25, -0.2) is 0 Å². The van der Waals surface area contributed by atoms with E-state index >= 15 is 0 Å². The molecule has 3 heterocycles. The maximum Gasteiger partial charge on any atom is 0.278 e. The third kappa shape index (κ3) is 2.57. The number of anilines is 1. The Morgan fingerprint density at radius 3 is 3.04 bits per heavy atom. The molecular weight excluding hydrogens is 306 g/mol. The van der Waals surface area contributed by atoms with Gasteiger partial charge in [-0.05, 0) is 48.9 Å². The first-order chi connectivity index (χ1) is 11.2. The molecule has 1 aliphatic rings. The zero-order valence-electron chi connectivity index (χ0n) is 12.9. The summed E-state index contributed by atoms with van der Waals surface area (Å²) in [6.45, 7) is 2.83. The van der Waals surface area contributed by atoms with E-state index in [0.717, 1.165) is 35.6 Å². The highest BCUT2D eigenvalue weighted by molar-refractivity contribution is 7.13. The molecule has 0 aliphatic carbocycles. The fourth-order valence-corrected chi connectivity index (χ4v) is 3.76. The minimum atomic E-state index is -0.0335. The van der Waals surface area contributed by atoms with Crippen LogP contribution in [-0.2, 0) is 6.42 Å². The van der Waals surface area contributed by atoms with Crippen molar-refractivity contribution >= 4 is 22.9 Å².